The van der Waals surface area contributed by atoms with Gasteiger partial charge in [-0.05, 0) is 30.7 Å². The van der Waals surface area contributed by atoms with Gasteiger partial charge in [0.15, 0.2) is 6.61 Å². The van der Waals surface area contributed by atoms with Gasteiger partial charge in [0.25, 0.3) is 5.89 Å². The van der Waals surface area contributed by atoms with Gasteiger partial charge in [0.05, 0.1) is 25.3 Å². The summed E-state index contributed by atoms with van der Waals surface area (Å²) in [4.78, 5) is 16.4. The zero-order valence-electron chi connectivity index (χ0n) is 14.7. The molecule has 0 aliphatic heterocycles. The summed E-state index contributed by atoms with van der Waals surface area (Å²) in [6, 6.07) is 12.5. The van der Waals surface area contributed by atoms with E-state index in [-0.39, 0.29) is 12.5 Å². The SMILES string of the molecule is COc1ccc(-c2noc(COC(=O)c3ccccc3C)n2)c(OC)c1. The minimum absolute atomic E-state index is 0.112. The molecule has 7 nitrogen and oxygen atoms in total. The molecule has 3 aromatic rings. The first kappa shape index (κ1) is 17.5. The van der Waals surface area contributed by atoms with Gasteiger partial charge in [-0.15, -0.1) is 0 Å². The highest BCUT2D eigenvalue weighted by Crippen LogP contribution is 2.31. The van der Waals surface area contributed by atoms with Crippen molar-refractivity contribution in [2.45, 2.75) is 13.5 Å². The molecule has 0 fully saturated rings. The third kappa shape index (κ3) is 3.66. The normalized spacial score (nSPS) is 10.4. The minimum Gasteiger partial charge on any atom is -0.497 e. The maximum absolute atomic E-state index is 12.1. The van der Waals surface area contributed by atoms with E-state index in [0.29, 0.717) is 28.5 Å². The molecule has 1 heterocycles. The monoisotopic (exact) mass is 354 g/mol. The lowest BCUT2D eigenvalue weighted by Gasteiger charge is -2.07. The van der Waals surface area contributed by atoms with Crippen LogP contribution in [0.4, 0.5) is 0 Å². The van der Waals surface area contributed by atoms with Crippen molar-refractivity contribution < 1.29 is 23.5 Å². The number of hydrogen-bond acceptors (Lipinski definition) is 7. The third-order valence-electron chi connectivity index (χ3n) is 3.81. The summed E-state index contributed by atoms with van der Waals surface area (Å²) in [6.45, 7) is 1.73. The molecule has 7 heteroatoms. The summed E-state index contributed by atoms with van der Waals surface area (Å²) in [5.74, 6) is 1.30. The third-order valence-corrected chi connectivity index (χ3v) is 3.81. The zero-order chi connectivity index (χ0) is 18.5. The van der Waals surface area contributed by atoms with Crippen molar-refractivity contribution in [2.75, 3.05) is 14.2 Å². The topological polar surface area (TPSA) is 83.7 Å². The van der Waals surface area contributed by atoms with Crippen LogP contribution in [-0.2, 0) is 11.3 Å². The number of rotatable bonds is 6. The highest BCUT2D eigenvalue weighted by molar-refractivity contribution is 5.90. The predicted molar refractivity (Wildman–Crippen MR) is 93.1 cm³/mol. The van der Waals surface area contributed by atoms with Crippen LogP contribution in [0.3, 0.4) is 0 Å². The van der Waals surface area contributed by atoms with E-state index in [4.69, 9.17) is 18.7 Å². The van der Waals surface area contributed by atoms with Crippen LogP contribution in [0.2, 0.25) is 0 Å². The maximum Gasteiger partial charge on any atom is 0.338 e. The Balaban J connectivity index is 1.73. The predicted octanol–water partition coefficient (Wildman–Crippen LogP) is 3.42. The number of hydrogen-bond donors (Lipinski definition) is 0. The van der Waals surface area contributed by atoms with Crippen LogP contribution in [-0.4, -0.2) is 30.3 Å². The fourth-order valence-electron chi connectivity index (χ4n) is 2.41. The highest BCUT2D eigenvalue weighted by Gasteiger charge is 2.16. The number of carbonyl (C=O) groups is 1. The fraction of sp³-hybridized carbons (Fsp3) is 0.211. The Hall–Kier alpha value is -3.35. The van der Waals surface area contributed by atoms with E-state index in [1.165, 1.54) is 0 Å². The summed E-state index contributed by atoms with van der Waals surface area (Å²) >= 11 is 0. The van der Waals surface area contributed by atoms with Gasteiger partial charge in [0.2, 0.25) is 5.82 Å². The van der Waals surface area contributed by atoms with Crippen molar-refractivity contribution >= 4 is 5.97 Å². The molecular weight excluding hydrogens is 336 g/mol. The molecule has 0 atom stereocenters. The molecule has 0 unspecified atom stereocenters. The molecule has 3 rings (SSSR count). The second kappa shape index (κ2) is 7.69. The Morgan fingerprint density at radius 1 is 1.12 bits per heavy atom. The lowest BCUT2D eigenvalue weighted by Crippen LogP contribution is -2.07. The van der Waals surface area contributed by atoms with Gasteiger partial charge in [-0.25, -0.2) is 4.79 Å². The number of nitrogens with zero attached hydrogens (tertiary/aromatic N) is 2. The summed E-state index contributed by atoms with van der Waals surface area (Å²) in [5, 5.41) is 3.92. The average Bonchev–Trinajstić information content (AvgIpc) is 3.14. The summed E-state index contributed by atoms with van der Waals surface area (Å²) in [6.07, 6.45) is 0. The molecule has 0 aliphatic carbocycles. The van der Waals surface area contributed by atoms with Gasteiger partial charge in [0.1, 0.15) is 11.5 Å². The van der Waals surface area contributed by atoms with Gasteiger partial charge in [-0.3, -0.25) is 0 Å². The van der Waals surface area contributed by atoms with E-state index < -0.39 is 5.97 Å². The molecule has 26 heavy (non-hydrogen) atoms. The second-order valence-corrected chi connectivity index (χ2v) is 5.47. The molecule has 134 valence electrons. The van der Waals surface area contributed by atoms with Gasteiger partial charge < -0.3 is 18.7 Å². The van der Waals surface area contributed by atoms with E-state index in [1.54, 1.807) is 44.6 Å². The number of benzene rings is 2. The Bertz CT molecular complexity index is 920. The molecule has 2 aromatic carbocycles. The van der Waals surface area contributed by atoms with Crippen LogP contribution in [0.1, 0.15) is 21.8 Å². The second-order valence-electron chi connectivity index (χ2n) is 5.47. The Kier molecular flexibility index (Phi) is 5.17. The molecule has 0 N–H and O–H groups in total. The smallest absolute Gasteiger partial charge is 0.338 e. The summed E-state index contributed by atoms with van der Waals surface area (Å²) in [7, 11) is 3.12. The van der Waals surface area contributed by atoms with Gasteiger partial charge in [-0.1, -0.05) is 23.4 Å². The van der Waals surface area contributed by atoms with E-state index in [0.717, 1.165) is 5.56 Å². The Labute approximate surface area is 150 Å². The summed E-state index contributed by atoms with van der Waals surface area (Å²) in [5.41, 5.74) is 1.99. The van der Waals surface area contributed by atoms with Crippen molar-refractivity contribution in [3.63, 3.8) is 0 Å². The average molecular weight is 354 g/mol. The van der Waals surface area contributed by atoms with Crippen LogP contribution < -0.4 is 9.47 Å². The van der Waals surface area contributed by atoms with Crippen LogP contribution >= 0.6 is 0 Å². The maximum atomic E-state index is 12.1. The number of methoxy groups -OCH3 is 2. The van der Waals surface area contributed by atoms with Crippen molar-refractivity contribution in [3.05, 3.63) is 59.5 Å². The van der Waals surface area contributed by atoms with Gasteiger partial charge in [-0.2, -0.15) is 4.98 Å². The Morgan fingerprint density at radius 2 is 1.92 bits per heavy atom. The first-order chi connectivity index (χ1) is 12.6. The van der Waals surface area contributed by atoms with Crippen LogP contribution in [0.15, 0.2) is 47.0 Å². The molecule has 0 saturated heterocycles. The standard InChI is InChI=1S/C19H18N2O5/c1-12-6-4-5-7-14(12)19(22)25-11-17-20-18(21-26-17)15-9-8-13(23-2)10-16(15)24-3/h4-10H,11H2,1-3H3. The largest absolute Gasteiger partial charge is 0.497 e. The number of aromatic nitrogens is 2. The number of aryl methyl sites for hydroxylation is 1. The molecule has 0 bridgehead atoms. The van der Waals surface area contributed by atoms with Crippen molar-refractivity contribution in [3.8, 4) is 22.9 Å². The molecule has 0 aliphatic rings. The number of carbonyl (C=O) groups excluding carboxylic acids is 1. The van der Waals surface area contributed by atoms with E-state index in [1.807, 2.05) is 19.1 Å². The summed E-state index contributed by atoms with van der Waals surface area (Å²) < 4.78 is 20.9. The van der Waals surface area contributed by atoms with E-state index >= 15 is 0 Å². The molecule has 0 amide bonds. The van der Waals surface area contributed by atoms with Crippen molar-refractivity contribution in [1.29, 1.82) is 0 Å². The van der Waals surface area contributed by atoms with Crippen molar-refractivity contribution in [1.82, 2.24) is 10.1 Å². The first-order valence-electron chi connectivity index (χ1n) is 7.90. The lowest BCUT2D eigenvalue weighted by atomic mass is 10.1. The fourth-order valence-corrected chi connectivity index (χ4v) is 2.41. The quantitative estimate of drug-likeness (QED) is 0.627. The van der Waals surface area contributed by atoms with Crippen LogP contribution in [0, 0.1) is 6.92 Å². The van der Waals surface area contributed by atoms with Crippen LogP contribution in [0.5, 0.6) is 11.5 Å². The molecule has 0 radical (unpaired) electrons. The van der Waals surface area contributed by atoms with Crippen LogP contribution in [0.25, 0.3) is 11.4 Å². The van der Waals surface area contributed by atoms with E-state index in [9.17, 15) is 4.79 Å². The zero-order valence-corrected chi connectivity index (χ0v) is 14.7. The van der Waals surface area contributed by atoms with E-state index in [2.05, 4.69) is 10.1 Å². The molecular formula is C19H18N2O5. The lowest BCUT2D eigenvalue weighted by molar-refractivity contribution is 0.0429. The minimum atomic E-state index is -0.440. The molecule has 1 aromatic heterocycles. The Morgan fingerprint density at radius 3 is 2.65 bits per heavy atom. The number of esters is 1. The van der Waals surface area contributed by atoms with Gasteiger partial charge >= 0.3 is 5.97 Å². The molecule has 0 saturated carbocycles. The highest BCUT2D eigenvalue weighted by atomic mass is 16.6. The number of ether oxygens (including phenoxy) is 3. The van der Waals surface area contributed by atoms with Gasteiger partial charge in [0, 0.05) is 6.07 Å². The first-order valence-corrected chi connectivity index (χ1v) is 7.90. The molecule has 0 spiro atoms. The van der Waals surface area contributed by atoms with Crippen molar-refractivity contribution in [2.24, 2.45) is 0 Å².